The molecule has 0 spiro atoms. The van der Waals surface area contributed by atoms with Crippen LogP contribution in [0.3, 0.4) is 0 Å². The maximum Gasteiger partial charge on any atom is 0.264 e. The van der Waals surface area contributed by atoms with Crippen LogP contribution in [0.25, 0.3) is 0 Å². The summed E-state index contributed by atoms with van der Waals surface area (Å²) in [5.41, 5.74) is 1.33. The predicted octanol–water partition coefficient (Wildman–Crippen LogP) is 2.16. The average Bonchev–Trinajstić information content (AvgIpc) is 2.88. The van der Waals surface area contributed by atoms with Gasteiger partial charge < -0.3 is 5.11 Å². The van der Waals surface area contributed by atoms with Crippen molar-refractivity contribution < 1.29 is 21.9 Å². The summed E-state index contributed by atoms with van der Waals surface area (Å²) < 4.78 is 51.8. The van der Waals surface area contributed by atoms with Crippen molar-refractivity contribution in [3.05, 3.63) is 60.2 Å². The molecular weight excluding hydrogens is 386 g/mol. The van der Waals surface area contributed by atoms with Crippen LogP contribution in [0.2, 0.25) is 0 Å². The van der Waals surface area contributed by atoms with Gasteiger partial charge in [0.2, 0.25) is 0 Å². The largest absolute Gasteiger partial charge is 0.390 e. The van der Waals surface area contributed by atoms with Crippen LogP contribution in [0.1, 0.15) is 25.3 Å². The number of nitrogens with zero attached hydrogens (tertiary/aromatic N) is 1. The van der Waals surface area contributed by atoms with E-state index in [1.165, 1.54) is 12.1 Å². The van der Waals surface area contributed by atoms with Crippen molar-refractivity contribution in [2.75, 3.05) is 15.8 Å². The Morgan fingerprint density at radius 2 is 1.59 bits per heavy atom. The number of rotatable bonds is 5. The zero-order valence-electron chi connectivity index (χ0n) is 15.2. The summed E-state index contributed by atoms with van der Waals surface area (Å²) in [5.74, 6) is -0.594. The summed E-state index contributed by atoms with van der Waals surface area (Å²) in [6, 6.07) is 13.8. The fourth-order valence-electron chi connectivity index (χ4n) is 3.26. The van der Waals surface area contributed by atoms with Gasteiger partial charge in [0.05, 0.1) is 34.2 Å². The molecule has 2 aromatic carbocycles. The normalized spacial score (nSPS) is 22.1. The highest BCUT2D eigenvalue weighted by atomic mass is 32.2. The molecule has 1 saturated heterocycles. The van der Waals surface area contributed by atoms with Gasteiger partial charge in [0.15, 0.2) is 9.84 Å². The van der Waals surface area contributed by atoms with E-state index < -0.39 is 43.5 Å². The van der Waals surface area contributed by atoms with Crippen LogP contribution in [0, 0.1) is 0 Å². The van der Waals surface area contributed by atoms with Gasteiger partial charge in [-0.15, -0.1) is 0 Å². The highest BCUT2D eigenvalue weighted by molar-refractivity contribution is 7.93. The Balaban J connectivity index is 2.10. The van der Waals surface area contributed by atoms with Crippen LogP contribution in [0.4, 0.5) is 5.69 Å². The Labute approximate surface area is 160 Å². The van der Waals surface area contributed by atoms with E-state index in [2.05, 4.69) is 0 Å². The third-order valence-electron chi connectivity index (χ3n) is 4.71. The molecule has 3 rings (SSSR count). The zero-order chi connectivity index (χ0) is 19.8. The molecule has 1 heterocycles. The number of aliphatic hydroxyl groups is 1. The Bertz CT molecular complexity index is 1000. The number of hydrogen-bond acceptors (Lipinski definition) is 5. The van der Waals surface area contributed by atoms with Crippen LogP contribution < -0.4 is 4.31 Å². The Kier molecular flexibility index (Phi) is 5.33. The first-order chi connectivity index (χ1) is 12.6. The standard InChI is InChI=1S/C19H23NO5S2/c1-14(2)15-8-10-17(11-9-15)27(24,25)20(16-6-4-3-5-7-16)18-12-26(22,23)13-19(18)21/h3-11,14,18-19,21H,12-13H2,1-2H3/t18-,19+/m1/s1. The lowest BCUT2D eigenvalue weighted by molar-refractivity contribution is 0.184. The van der Waals surface area contributed by atoms with Gasteiger partial charge in [-0.05, 0) is 35.7 Å². The molecule has 0 saturated carbocycles. The minimum atomic E-state index is -4.05. The molecular formula is C19H23NO5S2. The molecule has 0 aliphatic carbocycles. The first-order valence-corrected chi connectivity index (χ1v) is 12.0. The lowest BCUT2D eigenvalue weighted by Gasteiger charge is -2.31. The zero-order valence-corrected chi connectivity index (χ0v) is 16.8. The first kappa shape index (κ1) is 19.9. The van der Waals surface area contributed by atoms with E-state index in [9.17, 15) is 21.9 Å². The summed E-state index contributed by atoms with van der Waals surface area (Å²) >= 11 is 0. The molecule has 8 heteroatoms. The minimum absolute atomic E-state index is 0.0623. The third kappa shape index (κ3) is 4.02. The van der Waals surface area contributed by atoms with E-state index in [1.54, 1.807) is 42.5 Å². The number of sulfonamides is 1. The predicted molar refractivity (Wildman–Crippen MR) is 105 cm³/mol. The van der Waals surface area contributed by atoms with E-state index in [1.807, 2.05) is 13.8 Å². The van der Waals surface area contributed by atoms with Crippen molar-refractivity contribution in [2.45, 2.75) is 36.8 Å². The van der Waals surface area contributed by atoms with Crippen LogP contribution in [-0.2, 0) is 19.9 Å². The van der Waals surface area contributed by atoms with E-state index in [-0.39, 0.29) is 10.8 Å². The smallest absolute Gasteiger partial charge is 0.264 e. The van der Waals surface area contributed by atoms with Crippen molar-refractivity contribution >= 4 is 25.5 Å². The van der Waals surface area contributed by atoms with Crippen LogP contribution >= 0.6 is 0 Å². The molecule has 146 valence electrons. The van der Waals surface area contributed by atoms with Gasteiger partial charge in [-0.1, -0.05) is 44.2 Å². The molecule has 1 aliphatic heterocycles. The van der Waals surface area contributed by atoms with E-state index in [0.29, 0.717) is 5.69 Å². The van der Waals surface area contributed by atoms with Crippen LogP contribution in [0.5, 0.6) is 0 Å². The molecule has 2 aromatic rings. The van der Waals surface area contributed by atoms with Crippen LogP contribution in [-0.4, -0.2) is 45.6 Å². The number of aliphatic hydroxyl groups excluding tert-OH is 1. The summed E-state index contributed by atoms with van der Waals surface area (Å²) in [5, 5.41) is 10.3. The first-order valence-electron chi connectivity index (χ1n) is 8.70. The van der Waals surface area contributed by atoms with Gasteiger partial charge in [-0.3, -0.25) is 4.31 Å². The average molecular weight is 410 g/mol. The van der Waals surface area contributed by atoms with Crippen molar-refractivity contribution in [1.82, 2.24) is 0 Å². The van der Waals surface area contributed by atoms with Crippen LogP contribution in [0.15, 0.2) is 59.5 Å². The van der Waals surface area contributed by atoms with E-state index >= 15 is 0 Å². The number of para-hydroxylation sites is 1. The summed E-state index contributed by atoms with van der Waals surface area (Å²) in [6.07, 6.45) is -1.28. The van der Waals surface area contributed by atoms with Gasteiger partial charge in [0.1, 0.15) is 0 Å². The van der Waals surface area contributed by atoms with Gasteiger partial charge in [0.25, 0.3) is 10.0 Å². The topological polar surface area (TPSA) is 91.8 Å². The Morgan fingerprint density at radius 1 is 1.00 bits per heavy atom. The molecule has 27 heavy (non-hydrogen) atoms. The molecule has 0 amide bonds. The van der Waals surface area contributed by atoms with Crippen molar-refractivity contribution in [1.29, 1.82) is 0 Å². The van der Waals surface area contributed by atoms with Gasteiger partial charge in [0, 0.05) is 0 Å². The number of benzene rings is 2. The second-order valence-electron chi connectivity index (χ2n) is 7.07. The van der Waals surface area contributed by atoms with Crippen molar-refractivity contribution in [2.24, 2.45) is 0 Å². The van der Waals surface area contributed by atoms with Gasteiger partial charge in [-0.2, -0.15) is 0 Å². The summed E-state index contributed by atoms with van der Waals surface area (Å²) in [7, 11) is -7.57. The second kappa shape index (κ2) is 7.26. The molecule has 1 aliphatic rings. The van der Waals surface area contributed by atoms with E-state index in [4.69, 9.17) is 0 Å². The van der Waals surface area contributed by atoms with Gasteiger partial charge in [-0.25, -0.2) is 16.8 Å². The number of sulfone groups is 1. The number of anilines is 1. The summed E-state index contributed by atoms with van der Waals surface area (Å²) in [6.45, 7) is 4.03. The SMILES string of the molecule is CC(C)c1ccc(S(=O)(=O)N(c2ccccc2)[C@@H]2CS(=O)(=O)C[C@@H]2O)cc1. The lowest BCUT2D eigenvalue weighted by Crippen LogP contribution is -2.47. The molecule has 0 radical (unpaired) electrons. The highest BCUT2D eigenvalue weighted by Crippen LogP contribution is 2.31. The number of hydrogen-bond donors (Lipinski definition) is 1. The van der Waals surface area contributed by atoms with E-state index in [0.717, 1.165) is 9.87 Å². The molecule has 0 bridgehead atoms. The maximum atomic E-state index is 13.4. The van der Waals surface area contributed by atoms with Crippen molar-refractivity contribution in [3.8, 4) is 0 Å². The fraction of sp³-hybridized carbons (Fsp3) is 0.368. The lowest BCUT2D eigenvalue weighted by atomic mass is 10.0. The maximum absolute atomic E-state index is 13.4. The molecule has 1 N–H and O–H groups in total. The monoisotopic (exact) mass is 409 g/mol. The molecule has 6 nitrogen and oxygen atoms in total. The quantitative estimate of drug-likeness (QED) is 0.817. The molecule has 2 atom stereocenters. The fourth-order valence-corrected chi connectivity index (χ4v) is 6.80. The Morgan fingerprint density at radius 3 is 2.07 bits per heavy atom. The molecule has 0 unspecified atom stereocenters. The highest BCUT2D eigenvalue weighted by Gasteiger charge is 2.45. The van der Waals surface area contributed by atoms with Gasteiger partial charge >= 0.3 is 0 Å². The Hall–Kier alpha value is -1.90. The molecule has 0 aromatic heterocycles. The minimum Gasteiger partial charge on any atom is -0.390 e. The molecule has 1 fully saturated rings. The summed E-state index contributed by atoms with van der Waals surface area (Å²) in [4.78, 5) is 0.0623. The third-order valence-corrected chi connectivity index (χ3v) is 8.28. The van der Waals surface area contributed by atoms with Crippen molar-refractivity contribution in [3.63, 3.8) is 0 Å². The second-order valence-corrected chi connectivity index (χ2v) is 11.0.